The molecule has 0 aliphatic carbocycles. The van der Waals surface area contributed by atoms with Crippen LogP contribution in [0.4, 0.5) is 15.0 Å². The molecule has 160 valence electrons. The van der Waals surface area contributed by atoms with Gasteiger partial charge in [0.15, 0.2) is 11.6 Å². The van der Waals surface area contributed by atoms with Crippen LogP contribution in [0.15, 0.2) is 24.5 Å². The fourth-order valence-electron chi connectivity index (χ4n) is 3.41. The molecule has 10 heteroatoms. The third-order valence-corrected chi connectivity index (χ3v) is 4.93. The van der Waals surface area contributed by atoms with Crippen LogP contribution in [0.2, 0.25) is 0 Å². The molecule has 0 radical (unpaired) electrons. The van der Waals surface area contributed by atoms with Crippen LogP contribution in [-0.2, 0) is 11.8 Å². The first kappa shape index (κ1) is 20.0. The first-order valence-corrected chi connectivity index (χ1v) is 9.71. The molecule has 0 spiro atoms. The number of anilines is 1. The molecule has 0 unspecified atom stereocenters. The minimum Gasteiger partial charge on any atom is -0.487 e. The number of hydrogen-bond acceptors (Lipinski definition) is 6. The topological polar surface area (TPSA) is 99.9 Å². The average molecular weight is 416 g/mol. The minimum absolute atomic E-state index is 0.102. The molecule has 1 fully saturated rings. The molecule has 9 nitrogen and oxygen atoms in total. The molecular formula is C20H25FN6O3. The highest BCUT2D eigenvalue weighted by molar-refractivity contribution is 5.72. The molecule has 1 amide bonds. The van der Waals surface area contributed by atoms with Gasteiger partial charge in [0, 0.05) is 25.2 Å². The van der Waals surface area contributed by atoms with Crippen molar-refractivity contribution in [1.29, 1.82) is 0 Å². The Morgan fingerprint density at radius 3 is 2.80 bits per heavy atom. The van der Waals surface area contributed by atoms with Crippen molar-refractivity contribution in [2.45, 2.75) is 38.8 Å². The Balaban J connectivity index is 1.53. The predicted octanol–water partition coefficient (Wildman–Crippen LogP) is 2.84. The van der Waals surface area contributed by atoms with Crippen molar-refractivity contribution in [3.8, 4) is 17.0 Å². The van der Waals surface area contributed by atoms with Crippen LogP contribution in [0.1, 0.15) is 27.2 Å². The highest BCUT2D eigenvalue weighted by Crippen LogP contribution is 2.33. The monoisotopic (exact) mass is 416 g/mol. The number of aromatic nitrogens is 4. The number of carbonyl (C=O) groups excluding carboxylic acids is 1. The van der Waals surface area contributed by atoms with Crippen LogP contribution < -0.4 is 10.5 Å². The standard InChI is InChI=1S/C20H25FN6O3/c1-20(2,3)30-19(28)26-6-5-12(26)11-29-16-9-23-25(4)18(16)14-7-13-8-17(22)24-27(13)10-15(14)21/h7-10,12H,5-6,11H2,1-4H3,(H2,22,24)/t12-/m1/s1. The number of ether oxygens (including phenoxy) is 2. The molecule has 3 aromatic heterocycles. The van der Waals surface area contributed by atoms with E-state index in [2.05, 4.69) is 10.2 Å². The fraction of sp³-hybridized carbons (Fsp3) is 0.450. The van der Waals surface area contributed by atoms with Crippen molar-refractivity contribution in [3.63, 3.8) is 0 Å². The molecule has 4 heterocycles. The Labute approximate surface area is 173 Å². The van der Waals surface area contributed by atoms with Gasteiger partial charge in [-0.25, -0.2) is 13.7 Å². The van der Waals surface area contributed by atoms with Gasteiger partial charge in [-0.05, 0) is 33.3 Å². The number of amides is 1. The zero-order valence-corrected chi connectivity index (χ0v) is 17.4. The molecular weight excluding hydrogens is 391 g/mol. The number of hydrogen-bond donors (Lipinski definition) is 1. The summed E-state index contributed by atoms with van der Waals surface area (Å²) in [6, 6.07) is 3.21. The Kier molecular flexibility index (Phi) is 4.79. The van der Waals surface area contributed by atoms with E-state index in [0.717, 1.165) is 6.42 Å². The van der Waals surface area contributed by atoms with Crippen molar-refractivity contribution >= 4 is 17.4 Å². The fourth-order valence-corrected chi connectivity index (χ4v) is 3.41. The van der Waals surface area contributed by atoms with E-state index in [-0.39, 0.29) is 18.7 Å². The number of aryl methyl sites for hydroxylation is 1. The molecule has 1 saturated heterocycles. The lowest BCUT2D eigenvalue weighted by Gasteiger charge is -2.40. The second kappa shape index (κ2) is 7.19. The number of nitrogens with two attached hydrogens (primary N) is 1. The van der Waals surface area contributed by atoms with E-state index in [1.54, 1.807) is 35.0 Å². The van der Waals surface area contributed by atoms with Gasteiger partial charge in [0.1, 0.15) is 23.7 Å². The van der Waals surface area contributed by atoms with Crippen molar-refractivity contribution in [1.82, 2.24) is 24.3 Å². The zero-order chi connectivity index (χ0) is 21.6. The maximum atomic E-state index is 14.8. The lowest BCUT2D eigenvalue weighted by Crippen LogP contribution is -2.55. The van der Waals surface area contributed by atoms with E-state index in [1.165, 1.54) is 10.7 Å². The quantitative estimate of drug-likeness (QED) is 0.702. The largest absolute Gasteiger partial charge is 0.487 e. The minimum atomic E-state index is -0.554. The first-order valence-electron chi connectivity index (χ1n) is 9.71. The Morgan fingerprint density at radius 1 is 1.37 bits per heavy atom. The van der Waals surface area contributed by atoms with E-state index in [9.17, 15) is 9.18 Å². The maximum absolute atomic E-state index is 14.8. The number of rotatable bonds is 4. The van der Waals surface area contributed by atoms with Crippen LogP contribution in [-0.4, -0.2) is 55.2 Å². The number of nitrogens with zero attached hydrogens (tertiary/aromatic N) is 5. The number of fused-ring (bicyclic) bond motifs is 1. The van der Waals surface area contributed by atoms with Crippen molar-refractivity contribution in [2.24, 2.45) is 7.05 Å². The molecule has 0 saturated carbocycles. The van der Waals surface area contributed by atoms with E-state index < -0.39 is 11.4 Å². The van der Waals surface area contributed by atoms with E-state index in [4.69, 9.17) is 15.2 Å². The summed E-state index contributed by atoms with van der Waals surface area (Å²) in [6.07, 6.45) is 3.27. The normalized spacial score (nSPS) is 16.6. The number of carbonyl (C=O) groups is 1. The molecule has 1 atom stereocenters. The van der Waals surface area contributed by atoms with Gasteiger partial charge >= 0.3 is 6.09 Å². The summed E-state index contributed by atoms with van der Waals surface area (Å²) in [4.78, 5) is 13.9. The number of halogens is 1. The van der Waals surface area contributed by atoms with Gasteiger partial charge in [-0.3, -0.25) is 4.68 Å². The van der Waals surface area contributed by atoms with Crippen molar-refractivity contribution in [2.75, 3.05) is 18.9 Å². The van der Waals surface area contributed by atoms with Crippen molar-refractivity contribution in [3.05, 3.63) is 30.3 Å². The van der Waals surface area contributed by atoms with Gasteiger partial charge in [0.25, 0.3) is 0 Å². The molecule has 30 heavy (non-hydrogen) atoms. The van der Waals surface area contributed by atoms with E-state index >= 15 is 0 Å². The molecule has 0 aromatic carbocycles. The summed E-state index contributed by atoms with van der Waals surface area (Å²) < 4.78 is 29.1. The average Bonchev–Trinajstić information content (AvgIpc) is 3.13. The molecule has 2 N–H and O–H groups in total. The zero-order valence-electron chi connectivity index (χ0n) is 17.4. The summed E-state index contributed by atoms with van der Waals surface area (Å²) in [6.45, 7) is 6.38. The van der Waals surface area contributed by atoms with Gasteiger partial charge in [-0.2, -0.15) is 10.2 Å². The van der Waals surface area contributed by atoms with Crippen LogP contribution in [0.3, 0.4) is 0 Å². The number of nitrogen functional groups attached to an aromatic ring is 1. The van der Waals surface area contributed by atoms with Crippen LogP contribution in [0.25, 0.3) is 16.8 Å². The van der Waals surface area contributed by atoms with Gasteiger partial charge in [0.2, 0.25) is 0 Å². The van der Waals surface area contributed by atoms with Crippen LogP contribution in [0.5, 0.6) is 5.75 Å². The number of pyridine rings is 1. The van der Waals surface area contributed by atoms with Crippen LogP contribution >= 0.6 is 0 Å². The van der Waals surface area contributed by atoms with Crippen LogP contribution in [0, 0.1) is 5.82 Å². The Bertz CT molecular complexity index is 1100. The molecule has 1 aliphatic rings. The summed E-state index contributed by atoms with van der Waals surface area (Å²) in [7, 11) is 1.72. The third kappa shape index (κ3) is 3.77. The van der Waals surface area contributed by atoms with Crippen molar-refractivity contribution < 1.29 is 18.7 Å². The molecule has 3 aromatic rings. The van der Waals surface area contributed by atoms with Gasteiger partial charge < -0.3 is 20.1 Å². The number of likely N-dealkylation sites (tertiary alicyclic amines) is 1. The van der Waals surface area contributed by atoms with E-state index in [1.807, 2.05) is 20.8 Å². The smallest absolute Gasteiger partial charge is 0.410 e. The summed E-state index contributed by atoms with van der Waals surface area (Å²) >= 11 is 0. The van der Waals surface area contributed by atoms with E-state index in [0.29, 0.717) is 34.9 Å². The molecule has 1 aliphatic heterocycles. The van der Waals surface area contributed by atoms with Gasteiger partial charge in [-0.1, -0.05) is 0 Å². The molecule has 0 bridgehead atoms. The van der Waals surface area contributed by atoms with Gasteiger partial charge in [0.05, 0.1) is 24.0 Å². The maximum Gasteiger partial charge on any atom is 0.410 e. The van der Waals surface area contributed by atoms with Gasteiger partial charge in [-0.15, -0.1) is 0 Å². The lowest BCUT2D eigenvalue weighted by atomic mass is 10.1. The highest BCUT2D eigenvalue weighted by Gasteiger charge is 2.36. The lowest BCUT2D eigenvalue weighted by molar-refractivity contribution is -0.0141. The summed E-state index contributed by atoms with van der Waals surface area (Å²) in [5, 5.41) is 8.24. The summed E-state index contributed by atoms with van der Waals surface area (Å²) in [5.74, 6) is 0.266. The second-order valence-electron chi connectivity index (χ2n) is 8.38. The third-order valence-electron chi connectivity index (χ3n) is 4.93. The highest BCUT2D eigenvalue weighted by atomic mass is 19.1. The second-order valence-corrected chi connectivity index (χ2v) is 8.38. The molecule has 4 rings (SSSR count). The Morgan fingerprint density at radius 2 is 2.13 bits per heavy atom. The SMILES string of the molecule is Cn1ncc(OC[C@H]2CCN2C(=O)OC(C)(C)C)c1-c1cc2cc(N)nn2cc1F. The predicted molar refractivity (Wildman–Crippen MR) is 109 cm³/mol. The summed E-state index contributed by atoms with van der Waals surface area (Å²) in [5.41, 5.74) is 6.64. The Hall–Kier alpha value is -3.30. The first-order chi connectivity index (χ1) is 14.1.